The molecule has 0 aliphatic carbocycles. The summed E-state index contributed by atoms with van der Waals surface area (Å²) in [6.45, 7) is -1.07. The van der Waals surface area contributed by atoms with Gasteiger partial charge in [-0.25, -0.2) is 0 Å². The Morgan fingerprint density at radius 3 is 2.60 bits per heavy atom. The zero-order chi connectivity index (χ0) is 15.5. The molecule has 1 atom stereocenters. The van der Waals surface area contributed by atoms with Crippen LogP contribution in [0.15, 0.2) is 18.2 Å². The van der Waals surface area contributed by atoms with Crippen molar-refractivity contribution in [2.45, 2.75) is 6.18 Å². The summed E-state index contributed by atoms with van der Waals surface area (Å²) < 4.78 is 42.5. The summed E-state index contributed by atoms with van der Waals surface area (Å²) in [5, 5.41) is 17.4. The second-order valence-electron chi connectivity index (χ2n) is 3.71. The molecule has 0 radical (unpaired) electrons. The normalized spacial score (nSPS) is 12.8. The summed E-state index contributed by atoms with van der Waals surface area (Å²) in [5.74, 6) is -4.00. The molecular formula is C10H9ClF3N3O3. The standard InChI is InChI=1S/C10H9ClF3N3O3/c11-6-2-1-3-7(17(18)19)8(6)20-4-5(9(15)16)10(12,13)14/h1-3,5H,4H2,(H3,15,16). The number of nitrogens with two attached hydrogens (primary N) is 1. The number of ether oxygens (including phenoxy) is 1. The average Bonchev–Trinajstić information content (AvgIpc) is 2.28. The van der Waals surface area contributed by atoms with E-state index in [0.29, 0.717) is 0 Å². The lowest BCUT2D eigenvalue weighted by molar-refractivity contribution is -0.386. The molecule has 1 rings (SSSR count). The summed E-state index contributed by atoms with van der Waals surface area (Å²) in [4.78, 5) is 9.89. The lowest BCUT2D eigenvalue weighted by Gasteiger charge is -2.19. The number of rotatable bonds is 5. The van der Waals surface area contributed by atoms with Gasteiger partial charge in [-0.1, -0.05) is 17.7 Å². The topological polar surface area (TPSA) is 102 Å². The van der Waals surface area contributed by atoms with Crippen molar-refractivity contribution < 1.29 is 22.8 Å². The molecule has 0 aliphatic rings. The van der Waals surface area contributed by atoms with Crippen molar-refractivity contribution in [3.05, 3.63) is 33.3 Å². The first-order chi connectivity index (χ1) is 9.14. The number of alkyl halides is 3. The summed E-state index contributed by atoms with van der Waals surface area (Å²) in [5.41, 5.74) is 4.27. The molecule has 3 N–H and O–H groups in total. The molecule has 10 heteroatoms. The van der Waals surface area contributed by atoms with Gasteiger partial charge in [-0.05, 0) is 6.07 Å². The average molecular weight is 312 g/mol. The number of nitrogens with zero attached hydrogens (tertiary/aromatic N) is 1. The Bertz CT molecular complexity index is 536. The first-order valence-corrected chi connectivity index (χ1v) is 5.48. The van der Waals surface area contributed by atoms with Crippen LogP contribution in [0.25, 0.3) is 0 Å². The van der Waals surface area contributed by atoms with Crippen LogP contribution in [0.1, 0.15) is 0 Å². The van der Waals surface area contributed by atoms with Gasteiger partial charge in [0.05, 0.1) is 9.95 Å². The zero-order valence-electron chi connectivity index (χ0n) is 9.78. The number of para-hydroxylation sites is 1. The molecule has 0 aliphatic heterocycles. The number of nitro groups is 1. The fraction of sp³-hybridized carbons (Fsp3) is 0.300. The van der Waals surface area contributed by atoms with Crippen molar-refractivity contribution in [2.24, 2.45) is 11.7 Å². The molecule has 1 unspecified atom stereocenters. The number of hydrogen-bond donors (Lipinski definition) is 2. The molecule has 0 amide bonds. The molecule has 0 bridgehead atoms. The Kier molecular flexibility index (Phi) is 4.77. The quantitative estimate of drug-likeness (QED) is 0.378. The molecule has 0 heterocycles. The summed E-state index contributed by atoms with van der Waals surface area (Å²) in [6.07, 6.45) is -4.79. The monoisotopic (exact) mass is 311 g/mol. The predicted octanol–water partition coefficient (Wildman–Crippen LogP) is 2.74. The van der Waals surface area contributed by atoms with Gasteiger partial charge in [-0.2, -0.15) is 13.2 Å². The Hall–Kier alpha value is -2.03. The molecule has 110 valence electrons. The molecule has 0 spiro atoms. The van der Waals surface area contributed by atoms with Crippen LogP contribution in [0.5, 0.6) is 5.75 Å². The van der Waals surface area contributed by atoms with Crippen molar-refractivity contribution in [3.63, 3.8) is 0 Å². The SMILES string of the molecule is N=C(N)C(COc1c(Cl)cccc1[N+](=O)[O-])C(F)(F)F. The minimum Gasteiger partial charge on any atom is -0.485 e. The number of nitro benzene ring substituents is 1. The highest BCUT2D eigenvalue weighted by atomic mass is 35.5. The second kappa shape index (κ2) is 5.95. The smallest absolute Gasteiger partial charge is 0.401 e. The van der Waals surface area contributed by atoms with Crippen molar-refractivity contribution in [1.82, 2.24) is 0 Å². The molecule has 6 nitrogen and oxygen atoms in total. The lowest BCUT2D eigenvalue weighted by Crippen LogP contribution is -2.39. The van der Waals surface area contributed by atoms with E-state index in [1.54, 1.807) is 0 Å². The van der Waals surface area contributed by atoms with Crippen LogP contribution in [0, 0.1) is 21.4 Å². The fourth-order valence-corrected chi connectivity index (χ4v) is 1.54. The molecule has 0 fully saturated rings. The molecule has 0 saturated heterocycles. The Morgan fingerprint density at radius 1 is 1.55 bits per heavy atom. The van der Waals surface area contributed by atoms with Crippen molar-refractivity contribution in [3.8, 4) is 5.75 Å². The summed E-state index contributed by atoms with van der Waals surface area (Å²) in [7, 11) is 0. The molecular weight excluding hydrogens is 303 g/mol. The van der Waals surface area contributed by atoms with E-state index in [-0.39, 0.29) is 5.02 Å². The maximum absolute atomic E-state index is 12.6. The highest BCUT2D eigenvalue weighted by Gasteiger charge is 2.43. The van der Waals surface area contributed by atoms with Crippen LogP contribution in [0.3, 0.4) is 0 Å². The second-order valence-corrected chi connectivity index (χ2v) is 4.11. The van der Waals surface area contributed by atoms with Gasteiger partial charge in [0.2, 0.25) is 5.75 Å². The number of hydrogen-bond acceptors (Lipinski definition) is 4. The Morgan fingerprint density at radius 2 is 2.15 bits per heavy atom. The van der Waals surface area contributed by atoms with Gasteiger partial charge in [0.15, 0.2) is 0 Å². The third-order valence-corrected chi connectivity index (χ3v) is 2.61. The minimum atomic E-state index is -4.79. The molecule has 1 aromatic rings. The van der Waals surface area contributed by atoms with E-state index in [1.807, 2.05) is 0 Å². The van der Waals surface area contributed by atoms with Gasteiger partial charge < -0.3 is 10.5 Å². The van der Waals surface area contributed by atoms with Crippen LogP contribution in [-0.4, -0.2) is 23.5 Å². The maximum Gasteiger partial charge on any atom is 0.401 e. The molecule has 1 aromatic carbocycles. The van der Waals surface area contributed by atoms with Crippen LogP contribution in [0.4, 0.5) is 18.9 Å². The van der Waals surface area contributed by atoms with E-state index in [2.05, 4.69) is 0 Å². The number of halogens is 4. The minimum absolute atomic E-state index is 0.205. The van der Waals surface area contributed by atoms with Gasteiger partial charge in [0.25, 0.3) is 0 Å². The first kappa shape index (κ1) is 16.0. The number of benzene rings is 1. The molecule has 20 heavy (non-hydrogen) atoms. The van der Waals surface area contributed by atoms with Crippen LogP contribution >= 0.6 is 11.6 Å². The highest BCUT2D eigenvalue weighted by molar-refractivity contribution is 6.32. The third kappa shape index (κ3) is 3.73. The highest BCUT2D eigenvalue weighted by Crippen LogP contribution is 2.36. The summed E-state index contributed by atoms with van der Waals surface area (Å²) in [6, 6.07) is 3.54. The third-order valence-electron chi connectivity index (χ3n) is 2.31. The van der Waals surface area contributed by atoms with E-state index in [9.17, 15) is 23.3 Å². The first-order valence-electron chi connectivity index (χ1n) is 5.11. The van der Waals surface area contributed by atoms with Gasteiger partial charge in [-0.15, -0.1) is 0 Å². The predicted molar refractivity (Wildman–Crippen MR) is 65.1 cm³/mol. The van der Waals surface area contributed by atoms with Gasteiger partial charge in [0.1, 0.15) is 18.4 Å². The van der Waals surface area contributed by atoms with E-state index in [4.69, 9.17) is 27.5 Å². The van der Waals surface area contributed by atoms with Crippen molar-refractivity contribution in [1.29, 1.82) is 5.41 Å². The molecule has 0 saturated carbocycles. The number of nitrogens with one attached hydrogen (secondary N) is 1. The van der Waals surface area contributed by atoms with Gasteiger partial charge >= 0.3 is 11.9 Å². The van der Waals surface area contributed by atoms with E-state index in [0.717, 1.165) is 6.07 Å². The van der Waals surface area contributed by atoms with Gasteiger partial charge in [0, 0.05) is 6.07 Å². The van der Waals surface area contributed by atoms with Crippen LogP contribution in [0.2, 0.25) is 5.02 Å². The Balaban J connectivity index is 3.00. The maximum atomic E-state index is 12.6. The number of amidine groups is 1. The van der Waals surface area contributed by atoms with Crippen LogP contribution < -0.4 is 10.5 Å². The Labute approximate surface area is 115 Å². The largest absolute Gasteiger partial charge is 0.485 e. The van der Waals surface area contributed by atoms with Crippen molar-refractivity contribution >= 4 is 23.1 Å². The molecule has 0 aromatic heterocycles. The fourth-order valence-electron chi connectivity index (χ4n) is 1.31. The van der Waals surface area contributed by atoms with E-state index >= 15 is 0 Å². The van der Waals surface area contributed by atoms with Crippen LogP contribution in [-0.2, 0) is 0 Å². The lowest BCUT2D eigenvalue weighted by atomic mass is 10.1. The van der Waals surface area contributed by atoms with Gasteiger partial charge in [-0.3, -0.25) is 15.5 Å². The zero-order valence-corrected chi connectivity index (χ0v) is 10.5. The van der Waals surface area contributed by atoms with E-state index < -0.39 is 40.9 Å². The van der Waals surface area contributed by atoms with Crippen molar-refractivity contribution in [2.75, 3.05) is 6.61 Å². The summed E-state index contributed by atoms with van der Waals surface area (Å²) >= 11 is 5.66. The van der Waals surface area contributed by atoms with E-state index in [1.165, 1.54) is 12.1 Å².